The Bertz CT molecular complexity index is 3820. The predicted octanol–water partition coefficient (Wildman–Crippen LogP) is 12.6. The van der Waals surface area contributed by atoms with Gasteiger partial charge in [-0.2, -0.15) is 0 Å². The summed E-state index contributed by atoms with van der Waals surface area (Å²) < 4.78 is 10.3. The zero-order chi connectivity index (χ0) is 39.8. The molecule has 61 heavy (non-hydrogen) atoms. The third kappa shape index (κ3) is 4.80. The van der Waals surface area contributed by atoms with Gasteiger partial charge in [-0.1, -0.05) is 133 Å². The number of aromatic nitrogens is 3. The van der Waals surface area contributed by atoms with Gasteiger partial charge >= 0.3 is 0 Å². The minimum absolute atomic E-state index is 0.111. The number of nitrogens with zero attached hydrogens (tertiary/aromatic N) is 4. The molecule has 12 aromatic rings. The number of furan rings is 1. The van der Waals surface area contributed by atoms with E-state index in [1.54, 1.807) is 11.3 Å². The van der Waals surface area contributed by atoms with Crippen molar-refractivity contribution in [3.63, 3.8) is 0 Å². The van der Waals surface area contributed by atoms with E-state index in [0.717, 1.165) is 55.1 Å². The zero-order valence-electron chi connectivity index (χ0n) is 32.3. The smallest absolute Gasteiger partial charge is 0.260 e. The monoisotopic (exact) mass is 812 g/mol. The van der Waals surface area contributed by atoms with E-state index in [1.807, 2.05) is 29.5 Å². The summed E-state index contributed by atoms with van der Waals surface area (Å²) in [4.78, 5) is 18.6. The van der Waals surface area contributed by atoms with Crippen molar-refractivity contribution in [1.82, 2.24) is 15.0 Å². The van der Waals surface area contributed by atoms with Crippen LogP contribution in [-0.4, -0.2) is 21.7 Å². The van der Waals surface area contributed by atoms with E-state index in [-0.39, 0.29) is 6.71 Å². The Morgan fingerprint density at radius 3 is 2.08 bits per heavy atom. The molecule has 8 aromatic carbocycles. The number of thiophene rings is 2. The first-order valence-electron chi connectivity index (χ1n) is 20.4. The van der Waals surface area contributed by atoms with Gasteiger partial charge in [-0.3, -0.25) is 0 Å². The second-order valence-corrected chi connectivity index (χ2v) is 17.9. The lowest BCUT2D eigenvalue weighted by Crippen LogP contribution is -2.53. The molecule has 0 radical (unpaired) electrons. The number of benzene rings is 8. The molecule has 0 spiro atoms. The molecule has 5 nitrogen and oxygen atoms in total. The molecule has 0 aliphatic carbocycles. The standard InChI is InChI=1S/C53H29BN4OS2/c1-2-14-33-30(12-1)13-11-19-37(33)53-56-51(31-24-25-36-35-16-4-8-21-44(35)59-45(36)28-31)55-52(57-53)32-26-40-34-15-3-7-20-41(34)54-48(40)42(27-32)58(43-29-60-46-22-9-5-17-38(43)46)49-39-18-6-10-23-47(39)61-50(49)54/h1-29H. The second kappa shape index (κ2) is 12.6. The van der Waals surface area contributed by atoms with Crippen LogP contribution in [0.15, 0.2) is 180 Å². The van der Waals surface area contributed by atoms with Gasteiger partial charge in [0.1, 0.15) is 11.2 Å². The minimum atomic E-state index is 0.111. The molecule has 0 saturated heterocycles. The molecule has 0 fully saturated rings. The number of anilines is 3. The average Bonchev–Trinajstić information content (AvgIpc) is 4.10. The molecule has 6 heterocycles. The van der Waals surface area contributed by atoms with Gasteiger partial charge in [0.2, 0.25) is 0 Å². The molecule has 0 atom stereocenters. The van der Waals surface area contributed by atoms with Crippen LogP contribution in [0, 0.1) is 0 Å². The molecular formula is C53H29BN4OS2. The summed E-state index contributed by atoms with van der Waals surface area (Å²) >= 11 is 3.72. The first-order chi connectivity index (χ1) is 30.2. The van der Waals surface area contributed by atoms with E-state index >= 15 is 0 Å². The molecule has 14 rings (SSSR count). The summed E-state index contributed by atoms with van der Waals surface area (Å²) in [5.74, 6) is 1.84. The van der Waals surface area contributed by atoms with Gasteiger partial charge in [0, 0.05) is 63.5 Å². The highest BCUT2D eigenvalue weighted by molar-refractivity contribution is 7.34. The van der Waals surface area contributed by atoms with Crippen molar-refractivity contribution in [2.24, 2.45) is 0 Å². The molecule has 0 unspecified atom stereocenters. The lowest BCUT2D eigenvalue weighted by molar-refractivity contribution is 0.669. The largest absolute Gasteiger partial charge is 0.456 e. The van der Waals surface area contributed by atoms with Crippen LogP contribution in [0.2, 0.25) is 0 Å². The summed E-state index contributed by atoms with van der Waals surface area (Å²) in [6.45, 7) is 0.111. The molecule has 8 heteroatoms. The van der Waals surface area contributed by atoms with Gasteiger partial charge < -0.3 is 9.32 Å². The molecular weight excluding hydrogens is 784 g/mol. The van der Waals surface area contributed by atoms with Crippen LogP contribution >= 0.6 is 22.7 Å². The molecule has 4 aromatic heterocycles. The van der Waals surface area contributed by atoms with Crippen LogP contribution < -0.4 is 20.6 Å². The van der Waals surface area contributed by atoms with Crippen LogP contribution in [0.4, 0.5) is 17.1 Å². The summed E-state index contributed by atoms with van der Waals surface area (Å²) in [5, 5.41) is 9.21. The Kier molecular flexibility index (Phi) is 6.89. The molecule has 0 saturated carbocycles. The summed E-state index contributed by atoms with van der Waals surface area (Å²) in [7, 11) is 0. The Balaban J connectivity index is 1.06. The topological polar surface area (TPSA) is 55.1 Å². The fourth-order valence-electron chi connectivity index (χ4n) is 9.92. The maximum absolute atomic E-state index is 6.39. The Hall–Kier alpha value is -7.39. The SMILES string of the molecule is c1ccc2c(c1)B1c3sc4ccccc4c3N(c3csc4ccccc34)c3cc(-c4nc(-c5ccc6c(c5)oc5ccccc56)nc(-c5cccc6ccccc56)n4)cc-2c31. The van der Waals surface area contributed by atoms with E-state index in [4.69, 9.17) is 19.4 Å². The molecule has 0 N–H and O–H groups in total. The van der Waals surface area contributed by atoms with Crippen molar-refractivity contribution >= 4 is 115 Å². The van der Waals surface area contributed by atoms with E-state index in [2.05, 4.69) is 162 Å². The van der Waals surface area contributed by atoms with Crippen LogP contribution in [0.1, 0.15) is 0 Å². The van der Waals surface area contributed by atoms with Gasteiger partial charge in [-0.15, -0.1) is 22.7 Å². The fraction of sp³-hybridized carbons (Fsp3) is 0. The van der Waals surface area contributed by atoms with Crippen LogP contribution in [0.25, 0.3) is 98.2 Å². The highest BCUT2D eigenvalue weighted by Crippen LogP contribution is 2.50. The normalized spacial score (nSPS) is 12.9. The van der Waals surface area contributed by atoms with Crippen LogP contribution in [0.3, 0.4) is 0 Å². The molecule has 0 bridgehead atoms. The first kappa shape index (κ1) is 33.4. The van der Waals surface area contributed by atoms with E-state index < -0.39 is 0 Å². The summed E-state index contributed by atoms with van der Waals surface area (Å²) in [5.41, 5.74) is 13.2. The molecule has 2 aliphatic rings. The Morgan fingerprint density at radius 2 is 1.16 bits per heavy atom. The predicted molar refractivity (Wildman–Crippen MR) is 256 cm³/mol. The van der Waals surface area contributed by atoms with Gasteiger partial charge in [0.25, 0.3) is 6.71 Å². The van der Waals surface area contributed by atoms with Crippen molar-refractivity contribution in [2.75, 3.05) is 4.90 Å². The number of para-hydroxylation sites is 1. The number of rotatable bonds is 4. The van der Waals surface area contributed by atoms with E-state index in [9.17, 15) is 0 Å². The van der Waals surface area contributed by atoms with Crippen LogP contribution in [0.5, 0.6) is 0 Å². The summed E-state index contributed by atoms with van der Waals surface area (Å²) in [6, 6.07) is 60.5. The van der Waals surface area contributed by atoms with Gasteiger partial charge in [0.05, 0.1) is 11.4 Å². The maximum Gasteiger partial charge on any atom is 0.260 e. The van der Waals surface area contributed by atoms with Crippen molar-refractivity contribution < 1.29 is 4.42 Å². The summed E-state index contributed by atoms with van der Waals surface area (Å²) in [6.07, 6.45) is 0. The number of hydrogen-bond acceptors (Lipinski definition) is 7. The van der Waals surface area contributed by atoms with Gasteiger partial charge in [0.15, 0.2) is 17.5 Å². The Labute approximate surface area is 357 Å². The van der Waals surface area contributed by atoms with E-state index in [0.29, 0.717) is 17.5 Å². The van der Waals surface area contributed by atoms with Crippen molar-refractivity contribution in [1.29, 1.82) is 0 Å². The number of fused-ring (bicyclic) bond motifs is 12. The first-order valence-corrected chi connectivity index (χ1v) is 22.1. The molecule has 282 valence electrons. The van der Waals surface area contributed by atoms with E-state index in [1.165, 1.54) is 58.4 Å². The van der Waals surface area contributed by atoms with Crippen molar-refractivity contribution in [3.05, 3.63) is 175 Å². The number of hydrogen-bond donors (Lipinski definition) is 0. The molecule has 0 amide bonds. The van der Waals surface area contributed by atoms with Gasteiger partial charge in [-0.05, 0) is 69.8 Å². The van der Waals surface area contributed by atoms with Gasteiger partial charge in [-0.25, -0.2) is 15.0 Å². The highest BCUT2D eigenvalue weighted by atomic mass is 32.1. The molecule has 2 aliphatic heterocycles. The Morgan fingerprint density at radius 1 is 0.475 bits per heavy atom. The van der Waals surface area contributed by atoms with Crippen LogP contribution in [-0.2, 0) is 0 Å². The third-order valence-electron chi connectivity index (χ3n) is 12.6. The van der Waals surface area contributed by atoms with Crippen molar-refractivity contribution in [2.45, 2.75) is 0 Å². The maximum atomic E-state index is 6.39. The quantitative estimate of drug-likeness (QED) is 0.166. The minimum Gasteiger partial charge on any atom is -0.456 e. The lowest BCUT2D eigenvalue weighted by atomic mass is 9.40. The lowest BCUT2D eigenvalue weighted by Gasteiger charge is -2.34. The highest BCUT2D eigenvalue weighted by Gasteiger charge is 2.45. The van der Waals surface area contributed by atoms with Crippen molar-refractivity contribution in [3.8, 4) is 45.3 Å². The zero-order valence-corrected chi connectivity index (χ0v) is 34.0. The fourth-order valence-corrected chi connectivity index (χ4v) is 12.2. The third-order valence-corrected chi connectivity index (χ3v) is 14.8. The average molecular weight is 813 g/mol. The second-order valence-electron chi connectivity index (χ2n) is 15.9.